The number of thiazole rings is 1. The highest BCUT2D eigenvalue weighted by atomic mass is 32.1. The number of hydrogen-bond acceptors (Lipinski definition) is 8. The molecule has 0 radical (unpaired) electrons. The molecular weight excluding hydrogens is 504 g/mol. The molecule has 0 aromatic carbocycles. The number of likely N-dealkylation sites (tertiary alicyclic amines) is 1. The Hall–Kier alpha value is -2.70. The lowest BCUT2D eigenvalue weighted by Gasteiger charge is -2.20. The predicted molar refractivity (Wildman–Crippen MR) is 134 cm³/mol. The lowest BCUT2D eigenvalue weighted by Crippen LogP contribution is -2.42. The van der Waals surface area contributed by atoms with Gasteiger partial charge in [0.2, 0.25) is 0 Å². The van der Waals surface area contributed by atoms with Crippen LogP contribution >= 0.6 is 11.3 Å². The third kappa shape index (κ3) is 5.46. The van der Waals surface area contributed by atoms with Gasteiger partial charge in [0.1, 0.15) is 11.5 Å². The van der Waals surface area contributed by atoms with E-state index in [1.807, 2.05) is 13.0 Å². The fourth-order valence-corrected chi connectivity index (χ4v) is 5.93. The average molecular weight is 536 g/mol. The molecule has 9 nitrogen and oxygen atoms in total. The van der Waals surface area contributed by atoms with Crippen molar-refractivity contribution in [2.24, 2.45) is 5.92 Å². The number of aryl methyl sites for hydroxylation is 1. The van der Waals surface area contributed by atoms with Crippen LogP contribution in [-0.2, 0) is 4.74 Å². The van der Waals surface area contributed by atoms with Crippen LogP contribution in [0.2, 0.25) is 0 Å². The smallest absolute Gasteiger partial charge is 0.280 e. The average Bonchev–Trinajstić information content (AvgIpc) is 3.37. The summed E-state index contributed by atoms with van der Waals surface area (Å²) in [5.74, 6) is -2.85. The second kappa shape index (κ2) is 9.88. The molecule has 4 atom stereocenters. The Morgan fingerprint density at radius 2 is 2.08 bits per heavy atom. The topological polar surface area (TPSA) is 117 Å². The minimum absolute atomic E-state index is 0.0000161. The van der Waals surface area contributed by atoms with E-state index in [0.29, 0.717) is 28.2 Å². The first kappa shape index (κ1) is 25.9. The van der Waals surface area contributed by atoms with Crippen LogP contribution in [0.5, 0.6) is 0 Å². The van der Waals surface area contributed by atoms with Crippen molar-refractivity contribution in [1.82, 2.24) is 20.2 Å². The fourth-order valence-electron chi connectivity index (χ4n) is 4.90. The van der Waals surface area contributed by atoms with E-state index < -0.39 is 48.9 Å². The molecule has 3 aliphatic rings. The quantitative estimate of drug-likeness (QED) is 0.499. The molecule has 37 heavy (non-hydrogen) atoms. The Kier molecular flexibility index (Phi) is 6.92. The van der Waals surface area contributed by atoms with E-state index in [0.717, 1.165) is 21.8 Å². The SMILES string of the molecule is Cc1cc(N[C@@H](C)C2CC2)ncc1-c1sc(C(=O)N[C@@H]2COC[C@@H]2O)nc1C(=O)N1CC(F)(F)C[C@@H]1C. The van der Waals surface area contributed by atoms with Crippen LogP contribution in [0.15, 0.2) is 12.3 Å². The van der Waals surface area contributed by atoms with E-state index in [4.69, 9.17) is 4.74 Å². The number of aliphatic hydroxyl groups is 1. The highest BCUT2D eigenvalue weighted by molar-refractivity contribution is 7.17. The summed E-state index contributed by atoms with van der Waals surface area (Å²) < 4.78 is 33.4. The summed E-state index contributed by atoms with van der Waals surface area (Å²) >= 11 is 1.00. The third-order valence-corrected chi connectivity index (χ3v) is 8.33. The number of aliphatic hydroxyl groups excluding tert-OH is 1. The zero-order valence-corrected chi connectivity index (χ0v) is 21.8. The molecule has 2 amide bonds. The minimum Gasteiger partial charge on any atom is -0.388 e. The Labute approximate surface area is 217 Å². The number of ether oxygens (including phenoxy) is 1. The van der Waals surface area contributed by atoms with Gasteiger partial charge in [0, 0.05) is 30.3 Å². The molecule has 12 heteroatoms. The first-order valence-electron chi connectivity index (χ1n) is 12.5. The third-order valence-electron chi connectivity index (χ3n) is 7.24. The standard InChI is InChI=1S/C25H31F2N5O4S/c1-12-6-19(29-14(3)15-4-5-15)28-8-16(12)21-20(24(35)32-11-25(26,27)7-13(32)2)31-23(37-21)22(34)30-17-9-36-10-18(17)33/h6,8,13-15,17-18,33H,4-5,7,9-11H2,1-3H3,(H,28,29)(H,30,34)/t13-,14-,17+,18-/m0/s1. The molecule has 2 saturated heterocycles. The predicted octanol–water partition coefficient (Wildman–Crippen LogP) is 3.08. The number of amides is 2. The molecule has 0 unspecified atom stereocenters. The van der Waals surface area contributed by atoms with Crippen molar-refractivity contribution in [2.75, 3.05) is 25.1 Å². The van der Waals surface area contributed by atoms with Gasteiger partial charge in [-0.25, -0.2) is 18.7 Å². The molecule has 1 aliphatic carbocycles. The lowest BCUT2D eigenvalue weighted by atomic mass is 10.1. The van der Waals surface area contributed by atoms with Gasteiger partial charge in [-0.3, -0.25) is 9.59 Å². The van der Waals surface area contributed by atoms with E-state index in [1.54, 1.807) is 13.1 Å². The summed E-state index contributed by atoms with van der Waals surface area (Å²) in [6.45, 7) is 5.14. The van der Waals surface area contributed by atoms with Gasteiger partial charge in [-0.05, 0) is 51.2 Å². The van der Waals surface area contributed by atoms with Crippen LogP contribution < -0.4 is 10.6 Å². The molecule has 4 heterocycles. The number of carbonyl (C=O) groups excluding carboxylic acids is 2. The fraction of sp³-hybridized carbons (Fsp3) is 0.600. The lowest BCUT2D eigenvalue weighted by molar-refractivity contribution is 0.0118. The molecule has 200 valence electrons. The summed E-state index contributed by atoms with van der Waals surface area (Å²) in [6.07, 6.45) is 2.74. The maximum absolute atomic E-state index is 14.1. The molecular formula is C25H31F2N5O4S. The number of carbonyl (C=O) groups is 2. The Morgan fingerprint density at radius 3 is 2.68 bits per heavy atom. The van der Waals surface area contributed by atoms with Crippen molar-refractivity contribution in [3.63, 3.8) is 0 Å². The van der Waals surface area contributed by atoms with Gasteiger partial charge in [0.25, 0.3) is 17.7 Å². The van der Waals surface area contributed by atoms with Crippen LogP contribution in [0.3, 0.4) is 0 Å². The molecule has 2 aromatic heterocycles. The maximum Gasteiger partial charge on any atom is 0.280 e. The Bertz CT molecular complexity index is 1200. The number of aromatic nitrogens is 2. The van der Waals surface area contributed by atoms with Crippen LogP contribution in [0, 0.1) is 12.8 Å². The number of hydrogen-bond donors (Lipinski definition) is 3. The van der Waals surface area contributed by atoms with E-state index in [2.05, 4.69) is 27.5 Å². The molecule has 2 aromatic rings. The van der Waals surface area contributed by atoms with Crippen molar-refractivity contribution in [1.29, 1.82) is 0 Å². The van der Waals surface area contributed by atoms with Crippen LogP contribution in [0.25, 0.3) is 10.4 Å². The minimum atomic E-state index is -2.98. The highest BCUT2D eigenvalue weighted by Gasteiger charge is 2.46. The summed E-state index contributed by atoms with van der Waals surface area (Å²) in [5.41, 5.74) is 1.36. The Balaban J connectivity index is 1.47. The van der Waals surface area contributed by atoms with Gasteiger partial charge in [-0.15, -0.1) is 11.3 Å². The van der Waals surface area contributed by atoms with Gasteiger partial charge in [-0.1, -0.05) is 0 Å². The van der Waals surface area contributed by atoms with Crippen molar-refractivity contribution in [3.05, 3.63) is 28.5 Å². The summed E-state index contributed by atoms with van der Waals surface area (Å²) in [5, 5.41) is 16.1. The first-order chi connectivity index (χ1) is 17.5. The first-order valence-corrected chi connectivity index (χ1v) is 13.3. The van der Waals surface area contributed by atoms with Gasteiger partial charge < -0.3 is 25.4 Å². The van der Waals surface area contributed by atoms with Gasteiger partial charge in [0.15, 0.2) is 5.01 Å². The van der Waals surface area contributed by atoms with E-state index in [-0.39, 0.29) is 23.9 Å². The summed E-state index contributed by atoms with van der Waals surface area (Å²) in [7, 11) is 0. The monoisotopic (exact) mass is 535 g/mol. The largest absolute Gasteiger partial charge is 0.388 e. The van der Waals surface area contributed by atoms with Crippen molar-refractivity contribution < 1.29 is 28.2 Å². The molecule has 0 spiro atoms. The zero-order chi connectivity index (χ0) is 26.5. The second-order valence-electron chi connectivity index (χ2n) is 10.4. The molecule has 5 rings (SSSR count). The number of pyridine rings is 1. The molecule has 0 bridgehead atoms. The van der Waals surface area contributed by atoms with Gasteiger partial charge >= 0.3 is 0 Å². The Morgan fingerprint density at radius 1 is 1.32 bits per heavy atom. The zero-order valence-electron chi connectivity index (χ0n) is 21.0. The van der Waals surface area contributed by atoms with Crippen molar-refractivity contribution in [2.45, 2.75) is 70.2 Å². The highest BCUT2D eigenvalue weighted by Crippen LogP contribution is 2.38. The normalized spacial score (nSPS) is 25.8. The van der Waals surface area contributed by atoms with Gasteiger partial charge in [0.05, 0.1) is 36.8 Å². The molecule has 2 aliphatic heterocycles. The number of alkyl halides is 2. The van der Waals surface area contributed by atoms with Crippen LogP contribution in [0.4, 0.5) is 14.6 Å². The van der Waals surface area contributed by atoms with Crippen molar-refractivity contribution >= 4 is 29.0 Å². The number of rotatable bonds is 7. The number of nitrogens with one attached hydrogen (secondary N) is 2. The maximum atomic E-state index is 14.1. The summed E-state index contributed by atoms with van der Waals surface area (Å²) in [6, 6.07) is 0.899. The number of anilines is 1. The number of halogens is 2. The van der Waals surface area contributed by atoms with E-state index in [9.17, 15) is 23.5 Å². The molecule has 3 fully saturated rings. The van der Waals surface area contributed by atoms with E-state index in [1.165, 1.54) is 12.8 Å². The van der Waals surface area contributed by atoms with Crippen LogP contribution in [0.1, 0.15) is 59.0 Å². The van der Waals surface area contributed by atoms with Crippen molar-refractivity contribution in [3.8, 4) is 10.4 Å². The summed E-state index contributed by atoms with van der Waals surface area (Å²) in [4.78, 5) is 36.8. The second-order valence-corrected chi connectivity index (χ2v) is 11.4. The van der Waals surface area contributed by atoms with Crippen LogP contribution in [-0.4, -0.2) is 81.7 Å². The van der Waals surface area contributed by atoms with E-state index >= 15 is 0 Å². The van der Waals surface area contributed by atoms with Gasteiger partial charge in [-0.2, -0.15) is 0 Å². The molecule has 1 saturated carbocycles. The number of nitrogens with zero attached hydrogens (tertiary/aromatic N) is 3. The molecule has 3 N–H and O–H groups in total.